The number of aromatic nitrogens is 4. The monoisotopic (exact) mass is 350 g/mol. The molecule has 0 unspecified atom stereocenters. The molecule has 1 heterocycles. The van der Waals surface area contributed by atoms with E-state index in [1.165, 1.54) is 17.9 Å². The van der Waals surface area contributed by atoms with Crippen LogP contribution in [0.4, 0.5) is 11.4 Å². The summed E-state index contributed by atoms with van der Waals surface area (Å²) in [5.41, 5.74) is 2.29. The molecule has 2 aromatic carbocycles. The molecule has 8 nitrogen and oxygen atoms in total. The molecule has 3 rings (SSSR count). The Bertz CT molecular complexity index is 862. The van der Waals surface area contributed by atoms with Crippen LogP contribution in [0.5, 0.6) is 0 Å². The van der Waals surface area contributed by atoms with Crippen molar-refractivity contribution in [2.45, 2.75) is 19.4 Å². The van der Waals surface area contributed by atoms with E-state index in [0.29, 0.717) is 17.8 Å². The van der Waals surface area contributed by atoms with E-state index in [2.05, 4.69) is 26.2 Å². The molecule has 26 heavy (non-hydrogen) atoms. The number of carbonyl (C=O) groups excluding carboxylic acids is 2. The largest absolute Gasteiger partial charge is 0.326 e. The highest BCUT2D eigenvalue weighted by atomic mass is 16.2. The molecule has 0 radical (unpaired) electrons. The molecule has 2 amide bonds. The summed E-state index contributed by atoms with van der Waals surface area (Å²) in [6.07, 6.45) is 1.88. The van der Waals surface area contributed by atoms with E-state index in [0.717, 1.165) is 5.56 Å². The van der Waals surface area contributed by atoms with Crippen LogP contribution in [0.2, 0.25) is 0 Å². The van der Waals surface area contributed by atoms with Crippen LogP contribution in [-0.2, 0) is 16.0 Å². The lowest BCUT2D eigenvalue weighted by Gasteiger charge is -2.16. The number of tetrazole rings is 1. The van der Waals surface area contributed by atoms with Gasteiger partial charge in [-0.15, -0.1) is 5.10 Å². The van der Waals surface area contributed by atoms with Crippen molar-refractivity contribution >= 4 is 23.2 Å². The number of benzene rings is 2. The summed E-state index contributed by atoms with van der Waals surface area (Å²) >= 11 is 0. The van der Waals surface area contributed by atoms with Crippen LogP contribution >= 0.6 is 0 Å². The molecule has 0 aliphatic carbocycles. The van der Waals surface area contributed by atoms with E-state index in [1.54, 1.807) is 24.3 Å². The van der Waals surface area contributed by atoms with Crippen molar-refractivity contribution in [3.05, 3.63) is 66.5 Å². The normalized spacial score (nSPS) is 11.6. The molecule has 1 aromatic heterocycles. The first-order valence-corrected chi connectivity index (χ1v) is 8.07. The van der Waals surface area contributed by atoms with Gasteiger partial charge in [0.2, 0.25) is 11.8 Å². The zero-order chi connectivity index (χ0) is 18.4. The predicted octanol–water partition coefficient (Wildman–Crippen LogP) is 2.05. The van der Waals surface area contributed by atoms with E-state index >= 15 is 0 Å². The SMILES string of the molecule is CC(=O)Nc1ccc(NC(=O)[C@H](Cc2ccccc2)n2cnnn2)cc1. The first-order valence-electron chi connectivity index (χ1n) is 8.07. The smallest absolute Gasteiger partial charge is 0.249 e. The fourth-order valence-electron chi connectivity index (χ4n) is 2.52. The van der Waals surface area contributed by atoms with E-state index < -0.39 is 6.04 Å². The number of rotatable bonds is 6. The zero-order valence-corrected chi connectivity index (χ0v) is 14.2. The number of nitrogens with one attached hydrogen (secondary N) is 2. The summed E-state index contributed by atoms with van der Waals surface area (Å²) in [5.74, 6) is -0.378. The van der Waals surface area contributed by atoms with Gasteiger partial charge in [-0.1, -0.05) is 30.3 Å². The summed E-state index contributed by atoms with van der Waals surface area (Å²) < 4.78 is 1.44. The van der Waals surface area contributed by atoms with Gasteiger partial charge >= 0.3 is 0 Å². The van der Waals surface area contributed by atoms with Crippen molar-refractivity contribution in [3.8, 4) is 0 Å². The second-order valence-corrected chi connectivity index (χ2v) is 5.74. The predicted molar refractivity (Wildman–Crippen MR) is 96.4 cm³/mol. The van der Waals surface area contributed by atoms with Crippen molar-refractivity contribution in [2.24, 2.45) is 0 Å². The third-order valence-corrected chi connectivity index (χ3v) is 3.73. The molecule has 3 aromatic rings. The Labute approximate surface area is 150 Å². The van der Waals surface area contributed by atoms with E-state index in [-0.39, 0.29) is 11.8 Å². The van der Waals surface area contributed by atoms with Gasteiger partial charge in [0.05, 0.1) is 0 Å². The molecule has 1 atom stereocenters. The minimum atomic E-state index is -0.581. The third-order valence-electron chi connectivity index (χ3n) is 3.73. The number of carbonyl (C=O) groups is 2. The van der Waals surface area contributed by atoms with Gasteiger partial charge in [0.25, 0.3) is 0 Å². The lowest BCUT2D eigenvalue weighted by molar-refractivity contribution is -0.119. The van der Waals surface area contributed by atoms with Crippen molar-refractivity contribution in [3.63, 3.8) is 0 Å². The fraction of sp³-hybridized carbons (Fsp3) is 0.167. The Kier molecular flexibility index (Phi) is 5.33. The first kappa shape index (κ1) is 17.3. The van der Waals surface area contributed by atoms with Crippen LogP contribution in [-0.4, -0.2) is 32.0 Å². The molecular formula is C18H18N6O2. The highest BCUT2D eigenvalue weighted by Crippen LogP contribution is 2.18. The number of anilines is 2. The minimum absolute atomic E-state index is 0.150. The van der Waals surface area contributed by atoms with Crippen LogP contribution in [0, 0.1) is 0 Å². The average molecular weight is 350 g/mol. The molecule has 0 aliphatic rings. The second kappa shape index (κ2) is 8.02. The second-order valence-electron chi connectivity index (χ2n) is 5.74. The Morgan fingerprint density at radius 2 is 1.65 bits per heavy atom. The maximum Gasteiger partial charge on any atom is 0.249 e. The number of amides is 2. The Hall–Kier alpha value is -3.55. The molecule has 0 spiro atoms. The molecule has 0 saturated heterocycles. The molecule has 0 saturated carbocycles. The lowest BCUT2D eigenvalue weighted by atomic mass is 10.1. The average Bonchev–Trinajstić information content (AvgIpc) is 3.16. The standard InChI is InChI=1S/C18H18N6O2/c1-13(25)20-15-7-9-16(10-8-15)21-18(26)17(24-12-19-22-23-24)11-14-5-3-2-4-6-14/h2-10,12,17H,11H2,1H3,(H,20,25)(H,21,26)/t17-/m0/s1. The zero-order valence-electron chi connectivity index (χ0n) is 14.2. The third kappa shape index (κ3) is 4.50. The highest BCUT2D eigenvalue weighted by Gasteiger charge is 2.22. The topological polar surface area (TPSA) is 102 Å². The molecule has 0 aliphatic heterocycles. The maximum absolute atomic E-state index is 12.8. The summed E-state index contributed by atoms with van der Waals surface area (Å²) in [6, 6.07) is 16.0. The van der Waals surface area contributed by atoms with Gasteiger partial charge in [-0.2, -0.15) is 0 Å². The molecular weight excluding hydrogens is 332 g/mol. The number of nitrogens with zero attached hydrogens (tertiary/aromatic N) is 4. The van der Waals surface area contributed by atoms with Crippen LogP contribution in [0.3, 0.4) is 0 Å². The Balaban J connectivity index is 1.74. The van der Waals surface area contributed by atoms with Gasteiger partial charge in [-0.05, 0) is 40.3 Å². The lowest BCUT2D eigenvalue weighted by Crippen LogP contribution is -2.28. The fourth-order valence-corrected chi connectivity index (χ4v) is 2.52. The quantitative estimate of drug-likeness (QED) is 0.708. The Morgan fingerprint density at radius 1 is 1.00 bits per heavy atom. The van der Waals surface area contributed by atoms with Crippen LogP contribution < -0.4 is 10.6 Å². The number of hydrogen-bond donors (Lipinski definition) is 2. The maximum atomic E-state index is 12.8. The summed E-state index contributed by atoms with van der Waals surface area (Å²) in [6.45, 7) is 1.44. The van der Waals surface area contributed by atoms with Gasteiger partial charge in [-0.3, -0.25) is 9.59 Å². The molecule has 0 fully saturated rings. The van der Waals surface area contributed by atoms with E-state index in [9.17, 15) is 9.59 Å². The van der Waals surface area contributed by atoms with Gasteiger partial charge in [-0.25, -0.2) is 4.68 Å². The summed E-state index contributed by atoms with van der Waals surface area (Å²) in [5, 5.41) is 16.7. The van der Waals surface area contributed by atoms with Gasteiger partial charge in [0.15, 0.2) is 0 Å². The molecule has 8 heteroatoms. The van der Waals surface area contributed by atoms with Crippen molar-refractivity contribution < 1.29 is 9.59 Å². The minimum Gasteiger partial charge on any atom is -0.326 e. The highest BCUT2D eigenvalue weighted by molar-refractivity contribution is 5.94. The Morgan fingerprint density at radius 3 is 2.23 bits per heavy atom. The molecule has 132 valence electrons. The van der Waals surface area contributed by atoms with Gasteiger partial charge < -0.3 is 10.6 Å². The number of hydrogen-bond acceptors (Lipinski definition) is 5. The van der Waals surface area contributed by atoms with Crippen LogP contribution in [0.25, 0.3) is 0 Å². The van der Waals surface area contributed by atoms with Crippen LogP contribution in [0.1, 0.15) is 18.5 Å². The van der Waals surface area contributed by atoms with Crippen molar-refractivity contribution in [2.75, 3.05) is 10.6 Å². The van der Waals surface area contributed by atoms with Gasteiger partial charge in [0, 0.05) is 24.7 Å². The first-order chi connectivity index (χ1) is 12.6. The van der Waals surface area contributed by atoms with Crippen molar-refractivity contribution in [1.82, 2.24) is 20.2 Å². The summed E-state index contributed by atoms with van der Waals surface area (Å²) in [4.78, 5) is 23.8. The van der Waals surface area contributed by atoms with Crippen LogP contribution in [0.15, 0.2) is 60.9 Å². The molecule has 2 N–H and O–H groups in total. The molecule has 0 bridgehead atoms. The summed E-state index contributed by atoms with van der Waals surface area (Å²) in [7, 11) is 0. The van der Waals surface area contributed by atoms with Crippen molar-refractivity contribution in [1.29, 1.82) is 0 Å². The van der Waals surface area contributed by atoms with E-state index in [4.69, 9.17) is 0 Å². The van der Waals surface area contributed by atoms with E-state index in [1.807, 2.05) is 30.3 Å². The van der Waals surface area contributed by atoms with Gasteiger partial charge in [0.1, 0.15) is 12.4 Å².